The topological polar surface area (TPSA) is 42.9 Å². The summed E-state index contributed by atoms with van der Waals surface area (Å²) in [7, 11) is 1.83. The van der Waals surface area contributed by atoms with Gasteiger partial charge in [0.1, 0.15) is 0 Å². The summed E-state index contributed by atoms with van der Waals surface area (Å²) >= 11 is 0. The summed E-state index contributed by atoms with van der Waals surface area (Å²) in [6, 6.07) is 8.96. The third-order valence-corrected chi connectivity index (χ3v) is 4.93. The lowest BCUT2D eigenvalue weighted by atomic mass is 10.1. The van der Waals surface area contributed by atoms with Crippen molar-refractivity contribution in [3.05, 3.63) is 35.4 Å². The molecule has 1 fully saturated rings. The molecule has 0 radical (unpaired) electrons. The molecule has 0 atom stereocenters. The molecule has 1 aliphatic heterocycles. The molecule has 5 heteroatoms. The molecule has 1 heterocycles. The standard InChI is InChI=1S/C20H35N5/c1-4-24(5-2)15-12-22-20(21-3)23-16-18-8-10-19(11-9-18)17-25-13-6-7-14-25/h8-11H,4-7,12-17H2,1-3H3,(H2,21,22,23). The Balaban J connectivity index is 1.71. The zero-order chi connectivity index (χ0) is 17.9. The highest BCUT2D eigenvalue weighted by molar-refractivity contribution is 5.79. The summed E-state index contributed by atoms with van der Waals surface area (Å²) in [4.78, 5) is 9.25. The Hall–Kier alpha value is -1.59. The fraction of sp³-hybridized carbons (Fsp3) is 0.650. The van der Waals surface area contributed by atoms with Crippen LogP contribution in [0, 0.1) is 0 Å². The Morgan fingerprint density at radius 2 is 1.68 bits per heavy atom. The van der Waals surface area contributed by atoms with Crippen molar-refractivity contribution in [1.82, 2.24) is 20.4 Å². The molecule has 0 spiro atoms. The first-order chi connectivity index (χ1) is 12.2. The third-order valence-electron chi connectivity index (χ3n) is 4.93. The normalized spacial score (nSPS) is 15.8. The number of likely N-dealkylation sites (tertiary alicyclic amines) is 1. The Kier molecular flexibility index (Phi) is 8.77. The molecule has 0 aliphatic carbocycles. The highest BCUT2D eigenvalue weighted by Crippen LogP contribution is 2.13. The van der Waals surface area contributed by atoms with E-state index in [1.807, 2.05) is 7.05 Å². The SMILES string of the molecule is CCN(CC)CCNC(=NC)NCc1ccc(CN2CCCC2)cc1. The van der Waals surface area contributed by atoms with Crippen LogP contribution in [0.15, 0.2) is 29.3 Å². The van der Waals surface area contributed by atoms with Gasteiger partial charge in [0.05, 0.1) is 0 Å². The molecule has 25 heavy (non-hydrogen) atoms. The van der Waals surface area contributed by atoms with Crippen LogP contribution >= 0.6 is 0 Å². The second kappa shape index (κ2) is 11.1. The molecule has 0 bridgehead atoms. The van der Waals surface area contributed by atoms with E-state index in [0.717, 1.165) is 45.2 Å². The predicted molar refractivity (Wildman–Crippen MR) is 107 cm³/mol. The minimum atomic E-state index is 0.801. The molecule has 2 N–H and O–H groups in total. The largest absolute Gasteiger partial charge is 0.355 e. The van der Waals surface area contributed by atoms with Gasteiger partial charge in [0.15, 0.2) is 5.96 Å². The highest BCUT2D eigenvalue weighted by Gasteiger charge is 2.11. The number of likely N-dealkylation sites (N-methyl/N-ethyl adjacent to an activating group) is 1. The van der Waals surface area contributed by atoms with Crippen LogP contribution in [0.25, 0.3) is 0 Å². The molecule has 1 saturated heterocycles. The number of guanidine groups is 1. The molecule has 1 aliphatic rings. The number of rotatable bonds is 9. The van der Waals surface area contributed by atoms with E-state index >= 15 is 0 Å². The van der Waals surface area contributed by atoms with E-state index in [4.69, 9.17) is 0 Å². The lowest BCUT2D eigenvalue weighted by Gasteiger charge is -2.19. The van der Waals surface area contributed by atoms with Gasteiger partial charge in [-0.2, -0.15) is 0 Å². The maximum absolute atomic E-state index is 4.31. The second-order valence-corrected chi connectivity index (χ2v) is 6.68. The van der Waals surface area contributed by atoms with Crippen molar-refractivity contribution in [2.45, 2.75) is 39.8 Å². The fourth-order valence-corrected chi connectivity index (χ4v) is 3.24. The zero-order valence-corrected chi connectivity index (χ0v) is 16.2. The van der Waals surface area contributed by atoms with Crippen LogP contribution in [-0.2, 0) is 13.1 Å². The number of hydrogen-bond donors (Lipinski definition) is 2. The fourth-order valence-electron chi connectivity index (χ4n) is 3.24. The average Bonchev–Trinajstić information content (AvgIpc) is 3.15. The van der Waals surface area contributed by atoms with E-state index in [-0.39, 0.29) is 0 Å². The van der Waals surface area contributed by atoms with Crippen LogP contribution in [0.2, 0.25) is 0 Å². The van der Waals surface area contributed by atoms with Gasteiger partial charge in [0, 0.05) is 33.2 Å². The number of hydrogen-bond acceptors (Lipinski definition) is 3. The maximum Gasteiger partial charge on any atom is 0.191 e. The van der Waals surface area contributed by atoms with E-state index in [0.29, 0.717) is 0 Å². The molecule has 0 saturated carbocycles. The monoisotopic (exact) mass is 345 g/mol. The van der Waals surface area contributed by atoms with Crippen LogP contribution in [0.5, 0.6) is 0 Å². The first-order valence-corrected chi connectivity index (χ1v) is 9.72. The Bertz CT molecular complexity index is 501. The van der Waals surface area contributed by atoms with Gasteiger partial charge in [-0.3, -0.25) is 9.89 Å². The molecule has 0 unspecified atom stereocenters. The maximum atomic E-state index is 4.31. The molecule has 1 aromatic carbocycles. The van der Waals surface area contributed by atoms with Gasteiger partial charge in [-0.05, 0) is 50.1 Å². The Morgan fingerprint density at radius 1 is 1.04 bits per heavy atom. The minimum absolute atomic E-state index is 0.801. The van der Waals surface area contributed by atoms with Crippen LogP contribution in [0.3, 0.4) is 0 Å². The van der Waals surface area contributed by atoms with Crippen molar-refractivity contribution >= 4 is 5.96 Å². The van der Waals surface area contributed by atoms with Crippen LogP contribution in [0.4, 0.5) is 0 Å². The number of nitrogens with one attached hydrogen (secondary N) is 2. The van der Waals surface area contributed by atoms with E-state index in [2.05, 4.69) is 63.5 Å². The lowest BCUT2D eigenvalue weighted by molar-refractivity contribution is 0.308. The molecule has 140 valence electrons. The van der Waals surface area contributed by atoms with Crippen LogP contribution < -0.4 is 10.6 Å². The molecule has 2 rings (SSSR count). The molecule has 0 aromatic heterocycles. The van der Waals surface area contributed by atoms with Crippen molar-refractivity contribution in [2.24, 2.45) is 4.99 Å². The molecular weight excluding hydrogens is 310 g/mol. The average molecular weight is 346 g/mol. The summed E-state index contributed by atoms with van der Waals surface area (Å²) < 4.78 is 0. The van der Waals surface area contributed by atoms with Crippen molar-refractivity contribution in [2.75, 3.05) is 46.3 Å². The summed E-state index contributed by atoms with van der Waals surface area (Å²) in [6.45, 7) is 12.9. The molecule has 0 amide bonds. The smallest absolute Gasteiger partial charge is 0.191 e. The van der Waals surface area contributed by atoms with Gasteiger partial charge in [0.2, 0.25) is 0 Å². The van der Waals surface area contributed by atoms with Crippen molar-refractivity contribution < 1.29 is 0 Å². The first kappa shape index (κ1) is 19.7. The summed E-state index contributed by atoms with van der Waals surface area (Å²) in [5.41, 5.74) is 2.70. The minimum Gasteiger partial charge on any atom is -0.355 e. The van der Waals surface area contributed by atoms with Gasteiger partial charge in [-0.15, -0.1) is 0 Å². The first-order valence-electron chi connectivity index (χ1n) is 9.72. The summed E-state index contributed by atoms with van der Waals surface area (Å²) in [5, 5.41) is 6.79. The van der Waals surface area contributed by atoms with Gasteiger partial charge < -0.3 is 15.5 Å². The van der Waals surface area contributed by atoms with E-state index in [1.165, 1.54) is 37.1 Å². The van der Waals surface area contributed by atoms with Crippen LogP contribution in [-0.4, -0.2) is 62.1 Å². The van der Waals surface area contributed by atoms with Crippen molar-refractivity contribution in [3.8, 4) is 0 Å². The number of aliphatic imine (C=N–C) groups is 1. The van der Waals surface area contributed by atoms with E-state index in [9.17, 15) is 0 Å². The van der Waals surface area contributed by atoms with Crippen molar-refractivity contribution in [3.63, 3.8) is 0 Å². The number of benzene rings is 1. The predicted octanol–water partition coefficient (Wildman–Crippen LogP) is 2.29. The van der Waals surface area contributed by atoms with E-state index < -0.39 is 0 Å². The van der Waals surface area contributed by atoms with Crippen molar-refractivity contribution in [1.29, 1.82) is 0 Å². The summed E-state index contributed by atoms with van der Waals surface area (Å²) in [6.07, 6.45) is 2.70. The molecule has 1 aromatic rings. The highest BCUT2D eigenvalue weighted by atomic mass is 15.2. The van der Waals surface area contributed by atoms with E-state index in [1.54, 1.807) is 0 Å². The second-order valence-electron chi connectivity index (χ2n) is 6.68. The van der Waals surface area contributed by atoms with Gasteiger partial charge in [-0.1, -0.05) is 38.1 Å². The summed E-state index contributed by atoms with van der Waals surface area (Å²) in [5.74, 6) is 0.869. The Morgan fingerprint density at radius 3 is 2.28 bits per heavy atom. The van der Waals surface area contributed by atoms with Gasteiger partial charge in [0.25, 0.3) is 0 Å². The number of nitrogens with zero attached hydrogens (tertiary/aromatic N) is 3. The van der Waals surface area contributed by atoms with Gasteiger partial charge in [-0.25, -0.2) is 0 Å². The lowest BCUT2D eigenvalue weighted by Crippen LogP contribution is -2.41. The quantitative estimate of drug-likeness (QED) is 0.532. The van der Waals surface area contributed by atoms with Gasteiger partial charge >= 0.3 is 0 Å². The third kappa shape index (κ3) is 7.04. The van der Waals surface area contributed by atoms with Crippen LogP contribution in [0.1, 0.15) is 37.8 Å². The molecule has 5 nitrogen and oxygen atoms in total. The Labute approximate surface area is 153 Å². The zero-order valence-electron chi connectivity index (χ0n) is 16.2. The molecular formula is C20H35N5.